The summed E-state index contributed by atoms with van der Waals surface area (Å²) in [6, 6.07) is 4.51. The van der Waals surface area contributed by atoms with E-state index in [1.54, 1.807) is 45.0 Å². The molecular formula is C25H35N3O6S. The number of hydrogen-bond acceptors (Lipinski definition) is 7. The van der Waals surface area contributed by atoms with Crippen LogP contribution < -0.4 is 10.6 Å². The van der Waals surface area contributed by atoms with Crippen LogP contribution in [0.25, 0.3) is 0 Å². The van der Waals surface area contributed by atoms with E-state index in [4.69, 9.17) is 11.2 Å². The Labute approximate surface area is 212 Å². The van der Waals surface area contributed by atoms with Crippen molar-refractivity contribution in [2.45, 2.75) is 58.2 Å². The second-order valence-electron chi connectivity index (χ2n) is 8.69. The first-order valence-electron chi connectivity index (χ1n) is 11.3. The summed E-state index contributed by atoms with van der Waals surface area (Å²) in [5.74, 6) is 0.714. The van der Waals surface area contributed by atoms with Gasteiger partial charge in [-0.2, -0.15) is 12.6 Å². The van der Waals surface area contributed by atoms with Crippen molar-refractivity contribution < 1.29 is 28.7 Å². The van der Waals surface area contributed by atoms with Crippen LogP contribution in [0.15, 0.2) is 24.3 Å². The summed E-state index contributed by atoms with van der Waals surface area (Å²) >= 11 is 4.24. The minimum atomic E-state index is -1.16. The zero-order valence-electron chi connectivity index (χ0n) is 20.9. The molecule has 0 saturated heterocycles. The molecule has 0 fully saturated rings. The highest BCUT2D eigenvalue weighted by atomic mass is 32.1. The van der Waals surface area contributed by atoms with Crippen molar-refractivity contribution >= 4 is 36.5 Å². The van der Waals surface area contributed by atoms with Gasteiger partial charge in [0.05, 0.1) is 7.11 Å². The van der Waals surface area contributed by atoms with E-state index in [9.17, 15) is 19.2 Å². The number of ether oxygens (including phenoxy) is 2. The van der Waals surface area contributed by atoms with Gasteiger partial charge in [-0.15, -0.1) is 6.42 Å². The highest BCUT2D eigenvalue weighted by Crippen LogP contribution is 2.26. The second-order valence-corrected chi connectivity index (χ2v) is 9.06. The third-order valence-electron chi connectivity index (χ3n) is 4.81. The third-order valence-corrected chi connectivity index (χ3v) is 5.18. The van der Waals surface area contributed by atoms with E-state index in [1.165, 1.54) is 12.0 Å². The summed E-state index contributed by atoms with van der Waals surface area (Å²) in [6.45, 7) is 6.87. The van der Waals surface area contributed by atoms with Gasteiger partial charge in [-0.1, -0.05) is 37.5 Å². The Morgan fingerprint density at radius 3 is 2.40 bits per heavy atom. The Hall–Kier alpha value is -3.19. The summed E-state index contributed by atoms with van der Waals surface area (Å²) in [4.78, 5) is 52.4. The molecule has 0 aliphatic carbocycles. The SMILES string of the molecule is C#Cc1ccccc1C(C(=O)NCC(=O)OC)N(CCCC)C(=O)C(CS)NC(=O)OC(C)(C)C. The van der Waals surface area contributed by atoms with Gasteiger partial charge in [-0.3, -0.25) is 14.4 Å². The maximum absolute atomic E-state index is 13.7. The normalized spacial score (nSPS) is 12.5. The molecule has 0 aliphatic heterocycles. The lowest BCUT2D eigenvalue weighted by Gasteiger charge is -2.34. The molecule has 0 aromatic heterocycles. The van der Waals surface area contributed by atoms with Crippen LogP contribution >= 0.6 is 12.6 Å². The van der Waals surface area contributed by atoms with Gasteiger partial charge in [0.2, 0.25) is 11.8 Å². The number of thiol groups is 1. The number of nitrogens with zero attached hydrogens (tertiary/aromatic N) is 1. The first-order valence-corrected chi connectivity index (χ1v) is 11.9. The fraction of sp³-hybridized carbons (Fsp3) is 0.520. The smallest absolute Gasteiger partial charge is 0.408 e. The lowest BCUT2D eigenvalue weighted by Crippen LogP contribution is -2.54. The second kappa shape index (κ2) is 14.3. The van der Waals surface area contributed by atoms with Crippen LogP contribution in [0.2, 0.25) is 0 Å². The monoisotopic (exact) mass is 505 g/mol. The summed E-state index contributed by atoms with van der Waals surface area (Å²) in [5, 5.41) is 5.05. The molecule has 2 N–H and O–H groups in total. The maximum Gasteiger partial charge on any atom is 0.408 e. The molecule has 3 amide bonds. The standard InChI is InChI=1S/C25H35N3O6S/c1-7-9-14-28(23(31)19(16-35)27-24(32)34-25(3,4)5)21(22(30)26-15-20(29)33-6)18-13-11-10-12-17(18)8-2/h2,10-13,19,21,35H,7,9,14-16H2,1,3-6H3,(H,26,30)(H,27,32). The van der Waals surface area contributed by atoms with Gasteiger partial charge < -0.3 is 25.0 Å². The number of amides is 3. The van der Waals surface area contributed by atoms with Gasteiger partial charge in [0, 0.05) is 17.9 Å². The van der Waals surface area contributed by atoms with Crippen molar-refractivity contribution in [3.63, 3.8) is 0 Å². The van der Waals surface area contributed by atoms with E-state index in [0.29, 0.717) is 17.5 Å². The van der Waals surface area contributed by atoms with Crippen LogP contribution in [0.1, 0.15) is 57.7 Å². The zero-order valence-corrected chi connectivity index (χ0v) is 21.8. The summed E-state index contributed by atoms with van der Waals surface area (Å²) in [6.07, 6.45) is 6.21. The predicted molar refractivity (Wildman–Crippen MR) is 136 cm³/mol. The van der Waals surface area contributed by atoms with Crippen molar-refractivity contribution in [2.24, 2.45) is 0 Å². The molecule has 1 aromatic carbocycles. The molecule has 0 radical (unpaired) electrons. The Balaban J connectivity index is 3.44. The van der Waals surface area contributed by atoms with Crippen molar-refractivity contribution in [3.8, 4) is 12.3 Å². The van der Waals surface area contributed by atoms with E-state index in [1.807, 2.05) is 6.92 Å². The fourth-order valence-corrected chi connectivity index (χ4v) is 3.42. The number of hydrogen-bond donors (Lipinski definition) is 3. The first-order chi connectivity index (χ1) is 16.5. The molecule has 2 unspecified atom stereocenters. The average Bonchev–Trinajstić information content (AvgIpc) is 2.81. The third kappa shape index (κ3) is 9.53. The van der Waals surface area contributed by atoms with Gasteiger partial charge >= 0.3 is 12.1 Å². The minimum absolute atomic E-state index is 0.0337. The Morgan fingerprint density at radius 2 is 1.86 bits per heavy atom. The number of rotatable bonds is 11. The number of benzene rings is 1. The van der Waals surface area contributed by atoms with E-state index < -0.39 is 41.6 Å². The number of unbranched alkanes of at least 4 members (excludes halogenated alkanes) is 1. The van der Waals surface area contributed by atoms with Gasteiger partial charge in [0.1, 0.15) is 24.2 Å². The molecular weight excluding hydrogens is 470 g/mol. The van der Waals surface area contributed by atoms with E-state index in [-0.39, 0.29) is 18.8 Å². The zero-order chi connectivity index (χ0) is 26.6. The van der Waals surface area contributed by atoms with Crippen LogP contribution in [0.5, 0.6) is 0 Å². The molecule has 10 heteroatoms. The quantitative estimate of drug-likeness (QED) is 0.242. The van der Waals surface area contributed by atoms with Crippen LogP contribution in [-0.2, 0) is 23.9 Å². The highest BCUT2D eigenvalue weighted by Gasteiger charge is 2.36. The molecule has 1 aromatic rings. The van der Waals surface area contributed by atoms with E-state index in [0.717, 1.165) is 6.42 Å². The Kier molecular flexibility index (Phi) is 12.2. The minimum Gasteiger partial charge on any atom is -0.468 e. The predicted octanol–water partition coefficient (Wildman–Crippen LogP) is 2.45. The van der Waals surface area contributed by atoms with E-state index in [2.05, 4.69) is 33.9 Å². The van der Waals surface area contributed by atoms with Crippen molar-refractivity contribution in [3.05, 3.63) is 35.4 Å². The van der Waals surface area contributed by atoms with Gasteiger partial charge in [0.15, 0.2) is 0 Å². The highest BCUT2D eigenvalue weighted by molar-refractivity contribution is 7.80. The number of alkyl carbamates (subject to hydrolysis) is 1. The van der Waals surface area contributed by atoms with E-state index >= 15 is 0 Å². The maximum atomic E-state index is 13.7. The van der Waals surface area contributed by atoms with Crippen LogP contribution in [0.3, 0.4) is 0 Å². The average molecular weight is 506 g/mol. The fourth-order valence-electron chi connectivity index (χ4n) is 3.18. The van der Waals surface area contributed by atoms with Gasteiger partial charge in [-0.25, -0.2) is 4.79 Å². The lowest BCUT2D eigenvalue weighted by atomic mass is 9.97. The van der Waals surface area contributed by atoms with Crippen molar-refractivity contribution in [1.29, 1.82) is 0 Å². The Bertz CT molecular complexity index is 938. The van der Waals surface area contributed by atoms with Gasteiger partial charge in [0.25, 0.3) is 0 Å². The number of carbonyl (C=O) groups is 4. The van der Waals surface area contributed by atoms with Crippen LogP contribution in [0.4, 0.5) is 4.79 Å². The lowest BCUT2D eigenvalue weighted by molar-refractivity contribution is -0.144. The molecule has 192 valence electrons. The molecule has 0 spiro atoms. The molecule has 0 aliphatic rings. The molecule has 0 saturated carbocycles. The topological polar surface area (TPSA) is 114 Å². The number of carbonyl (C=O) groups excluding carboxylic acids is 4. The molecule has 2 atom stereocenters. The molecule has 0 heterocycles. The number of nitrogens with one attached hydrogen (secondary N) is 2. The molecule has 35 heavy (non-hydrogen) atoms. The molecule has 0 bridgehead atoms. The number of methoxy groups -OCH3 is 1. The summed E-state index contributed by atoms with van der Waals surface area (Å²) in [5.41, 5.74) is 0.0673. The largest absolute Gasteiger partial charge is 0.468 e. The number of terminal acetylenes is 1. The van der Waals surface area contributed by atoms with Crippen molar-refractivity contribution in [2.75, 3.05) is 26.0 Å². The van der Waals surface area contributed by atoms with Crippen LogP contribution in [0, 0.1) is 12.3 Å². The molecule has 1 rings (SSSR count). The summed E-state index contributed by atoms with van der Waals surface area (Å²) in [7, 11) is 1.20. The van der Waals surface area contributed by atoms with Gasteiger partial charge in [-0.05, 0) is 38.8 Å². The van der Waals surface area contributed by atoms with Crippen LogP contribution in [-0.4, -0.2) is 66.4 Å². The first kappa shape index (κ1) is 29.8. The molecule has 9 nitrogen and oxygen atoms in total. The summed E-state index contributed by atoms with van der Waals surface area (Å²) < 4.78 is 9.88. The Morgan fingerprint density at radius 1 is 1.20 bits per heavy atom. The number of esters is 1. The van der Waals surface area contributed by atoms with Crippen molar-refractivity contribution in [1.82, 2.24) is 15.5 Å².